The first kappa shape index (κ1) is 14.4. The molecule has 1 amide bonds. The summed E-state index contributed by atoms with van der Waals surface area (Å²) in [6.45, 7) is 5.09. The average molecular weight is 312 g/mol. The molecule has 0 radical (unpaired) electrons. The molecule has 5 nitrogen and oxygen atoms in total. The highest BCUT2D eigenvalue weighted by atomic mass is 35.5. The van der Waals surface area contributed by atoms with Gasteiger partial charge < -0.3 is 5.32 Å². The minimum Gasteiger partial charge on any atom is -0.307 e. The van der Waals surface area contributed by atoms with E-state index in [1.165, 1.54) is 10.7 Å². The Hall–Kier alpha value is -1.98. The van der Waals surface area contributed by atoms with E-state index in [9.17, 15) is 9.59 Å². The molecule has 7 heteroatoms. The quantitative estimate of drug-likeness (QED) is 0.856. The highest BCUT2D eigenvalue weighted by molar-refractivity contribution is 6.42. The van der Waals surface area contributed by atoms with Crippen LogP contribution in [-0.2, 0) is 4.79 Å². The van der Waals surface area contributed by atoms with E-state index in [1.54, 1.807) is 25.1 Å². The summed E-state index contributed by atoms with van der Waals surface area (Å²) >= 11 is 11.7. The average Bonchev–Trinajstić information content (AvgIpc) is 2.73. The summed E-state index contributed by atoms with van der Waals surface area (Å²) in [6, 6.07) is 6.03. The fourth-order valence-electron chi connectivity index (χ4n) is 1.50. The van der Waals surface area contributed by atoms with Crippen molar-refractivity contribution in [2.45, 2.75) is 6.92 Å². The third-order valence-corrected chi connectivity index (χ3v) is 3.26. The number of aromatic amines is 1. The second-order valence-corrected chi connectivity index (χ2v) is 4.99. The molecule has 0 spiro atoms. The molecule has 1 aromatic heterocycles. The normalized spacial score (nSPS) is 10.3. The first-order valence-corrected chi connectivity index (χ1v) is 6.38. The van der Waals surface area contributed by atoms with Crippen LogP contribution in [0, 0.1) is 0 Å². The molecule has 1 heterocycles. The summed E-state index contributed by atoms with van der Waals surface area (Å²) in [7, 11) is 0. The number of anilines is 1. The third-order valence-electron chi connectivity index (χ3n) is 2.52. The van der Waals surface area contributed by atoms with E-state index >= 15 is 0 Å². The number of carbonyl (C=O) groups is 1. The Bertz CT molecular complexity index is 746. The second-order valence-electron chi connectivity index (χ2n) is 4.18. The molecule has 0 saturated heterocycles. The van der Waals surface area contributed by atoms with Crippen molar-refractivity contribution < 1.29 is 4.79 Å². The van der Waals surface area contributed by atoms with Crippen molar-refractivity contribution in [3.8, 4) is 5.69 Å². The summed E-state index contributed by atoms with van der Waals surface area (Å²) < 4.78 is 1.25. The third kappa shape index (κ3) is 2.95. The van der Waals surface area contributed by atoms with Crippen LogP contribution in [0.2, 0.25) is 10.0 Å². The van der Waals surface area contributed by atoms with E-state index in [0.29, 0.717) is 21.3 Å². The lowest BCUT2D eigenvalue weighted by Crippen LogP contribution is -2.13. The standard InChI is InChI=1S/C13H11Cl2N3O2/c1-7(2)13(20)16-11-6-12(19)18(17-11)8-3-4-9(14)10(15)5-8/h3-6,17H,1H2,2H3,(H,16,20). The van der Waals surface area contributed by atoms with Gasteiger partial charge in [0, 0.05) is 11.6 Å². The van der Waals surface area contributed by atoms with Gasteiger partial charge >= 0.3 is 0 Å². The lowest BCUT2D eigenvalue weighted by atomic mass is 10.3. The van der Waals surface area contributed by atoms with E-state index in [2.05, 4.69) is 17.0 Å². The molecule has 0 unspecified atom stereocenters. The Labute approximate surface area is 124 Å². The van der Waals surface area contributed by atoms with Crippen LogP contribution in [0.3, 0.4) is 0 Å². The van der Waals surface area contributed by atoms with Crippen LogP contribution < -0.4 is 10.9 Å². The van der Waals surface area contributed by atoms with Crippen LogP contribution in [0.15, 0.2) is 41.2 Å². The van der Waals surface area contributed by atoms with Crippen LogP contribution >= 0.6 is 23.2 Å². The maximum Gasteiger partial charge on any atom is 0.273 e. The molecule has 0 bridgehead atoms. The molecular weight excluding hydrogens is 301 g/mol. The summed E-state index contributed by atoms with van der Waals surface area (Å²) in [5, 5.41) is 6.01. The number of aromatic nitrogens is 2. The molecule has 0 aliphatic carbocycles. The van der Waals surface area contributed by atoms with Crippen molar-refractivity contribution in [3.63, 3.8) is 0 Å². The number of halogens is 2. The molecule has 2 rings (SSSR count). The second kappa shape index (κ2) is 5.56. The Kier molecular flexibility index (Phi) is 4.01. The summed E-state index contributed by atoms with van der Waals surface area (Å²) in [6.07, 6.45) is 0. The van der Waals surface area contributed by atoms with Crippen molar-refractivity contribution in [2.24, 2.45) is 0 Å². The zero-order valence-electron chi connectivity index (χ0n) is 10.5. The number of carbonyl (C=O) groups excluding carboxylic acids is 1. The molecule has 0 aliphatic heterocycles. The van der Waals surface area contributed by atoms with Crippen LogP contribution in [-0.4, -0.2) is 15.7 Å². The Morgan fingerprint density at radius 3 is 2.60 bits per heavy atom. The smallest absolute Gasteiger partial charge is 0.273 e. The zero-order chi connectivity index (χ0) is 14.9. The number of benzene rings is 1. The maximum atomic E-state index is 11.9. The van der Waals surface area contributed by atoms with Gasteiger partial charge in [0.1, 0.15) is 5.82 Å². The van der Waals surface area contributed by atoms with Crippen molar-refractivity contribution >= 4 is 34.9 Å². The summed E-state index contributed by atoms with van der Waals surface area (Å²) in [5.41, 5.74) is 0.522. The number of hydrogen-bond donors (Lipinski definition) is 2. The topological polar surface area (TPSA) is 66.9 Å². The van der Waals surface area contributed by atoms with E-state index < -0.39 is 0 Å². The number of hydrogen-bond acceptors (Lipinski definition) is 2. The summed E-state index contributed by atoms with van der Waals surface area (Å²) in [5.74, 6) is -0.0957. The molecule has 2 N–H and O–H groups in total. The number of H-pyrrole nitrogens is 1. The van der Waals surface area contributed by atoms with Crippen molar-refractivity contribution in [3.05, 3.63) is 56.8 Å². The van der Waals surface area contributed by atoms with Crippen LogP contribution in [0.1, 0.15) is 6.92 Å². The molecule has 2 aromatic rings. The SMILES string of the molecule is C=C(C)C(=O)Nc1cc(=O)n(-c2ccc(Cl)c(Cl)c2)[nH]1. The van der Waals surface area contributed by atoms with E-state index in [1.807, 2.05) is 0 Å². The predicted octanol–water partition coefficient (Wildman–Crippen LogP) is 2.99. The molecular formula is C13H11Cl2N3O2. The molecule has 104 valence electrons. The molecule has 0 fully saturated rings. The highest BCUT2D eigenvalue weighted by Crippen LogP contribution is 2.23. The van der Waals surface area contributed by atoms with Gasteiger partial charge in [-0.1, -0.05) is 29.8 Å². The van der Waals surface area contributed by atoms with Crippen molar-refractivity contribution in [1.82, 2.24) is 9.78 Å². The van der Waals surface area contributed by atoms with E-state index in [-0.39, 0.29) is 17.3 Å². The van der Waals surface area contributed by atoms with Gasteiger partial charge in [-0.3, -0.25) is 14.7 Å². The molecule has 0 saturated carbocycles. The van der Waals surface area contributed by atoms with E-state index in [4.69, 9.17) is 23.2 Å². The van der Waals surface area contributed by atoms with Crippen molar-refractivity contribution in [2.75, 3.05) is 5.32 Å². The largest absolute Gasteiger partial charge is 0.307 e. The van der Waals surface area contributed by atoms with Gasteiger partial charge in [0.15, 0.2) is 0 Å². The monoisotopic (exact) mass is 311 g/mol. The van der Waals surface area contributed by atoms with Gasteiger partial charge in [0.25, 0.3) is 11.5 Å². The molecule has 1 aromatic carbocycles. The number of nitrogens with one attached hydrogen (secondary N) is 2. The first-order valence-electron chi connectivity index (χ1n) is 5.63. The zero-order valence-corrected chi connectivity index (χ0v) is 12.0. The van der Waals surface area contributed by atoms with Gasteiger partial charge in [-0.2, -0.15) is 0 Å². The predicted molar refractivity (Wildman–Crippen MR) is 79.9 cm³/mol. The van der Waals surface area contributed by atoms with Gasteiger partial charge in [0.2, 0.25) is 0 Å². The van der Waals surface area contributed by atoms with Crippen LogP contribution in [0.4, 0.5) is 5.82 Å². The van der Waals surface area contributed by atoms with Gasteiger partial charge in [-0.25, -0.2) is 4.68 Å². The minimum absolute atomic E-state index is 0.272. The highest BCUT2D eigenvalue weighted by Gasteiger charge is 2.09. The fourth-order valence-corrected chi connectivity index (χ4v) is 1.80. The summed E-state index contributed by atoms with van der Waals surface area (Å²) in [4.78, 5) is 23.4. The Morgan fingerprint density at radius 1 is 1.30 bits per heavy atom. The van der Waals surface area contributed by atoms with Crippen LogP contribution in [0.5, 0.6) is 0 Å². The van der Waals surface area contributed by atoms with Gasteiger partial charge in [-0.15, -0.1) is 0 Å². The molecule has 20 heavy (non-hydrogen) atoms. The Balaban J connectivity index is 2.36. The van der Waals surface area contributed by atoms with Gasteiger partial charge in [-0.05, 0) is 25.1 Å². The minimum atomic E-state index is -0.368. The van der Waals surface area contributed by atoms with E-state index in [0.717, 1.165) is 0 Å². The maximum absolute atomic E-state index is 11.9. The number of rotatable bonds is 3. The number of nitrogens with zero attached hydrogens (tertiary/aromatic N) is 1. The molecule has 0 aliphatic rings. The first-order chi connectivity index (χ1) is 9.38. The fraction of sp³-hybridized carbons (Fsp3) is 0.0769. The Morgan fingerprint density at radius 2 is 2.00 bits per heavy atom. The lowest BCUT2D eigenvalue weighted by Gasteiger charge is -2.04. The number of amides is 1. The van der Waals surface area contributed by atoms with Gasteiger partial charge in [0.05, 0.1) is 15.7 Å². The van der Waals surface area contributed by atoms with Crippen LogP contribution in [0.25, 0.3) is 5.69 Å². The molecule has 0 atom stereocenters. The lowest BCUT2D eigenvalue weighted by molar-refractivity contribution is -0.112. The van der Waals surface area contributed by atoms with Crippen molar-refractivity contribution in [1.29, 1.82) is 0 Å².